The highest BCUT2D eigenvalue weighted by atomic mass is 16.5. The van der Waals surface area contributed by atoms with E-state index in [0.29, 0.717) is 31.3 Å². The van der Waals surface area contributed by atoms with Gasteiger partial charge in [-0.25, -0.2) is 0 Å². The van der Waals surface area contributed by atoms with E-state index in [1.165, 1.54) is 0 Å². The number of ether oxygens (including phenoxy) is 1. The molecular weight excluding hydrogens is 242 g/mol. The van der Waals surface area contributed by atoms with Crippen LogP contribution in [0, 0.1) is 0 Å². The average molecular weight is 263 g/mol. The molecule has 0 aliphatic heterocycles. The first kappa shape index (κ1) is 15.1. The molecule has 19 heavy (non-hydrogen) atoms. The highest BCUT2D eigenvalue weighted by Crippen LogP contribution is 2.11. The van der Waals surface area contributed by atoms with Crippen molar-refractivity contribution >= 4 is 11.9 Å². The van der Waals surface area contributed by atoms with Gasteiger partial charge in [0.1, 0.15) is 5.82 Å². The summed E-state index contributed by atoms with van der Waals surface area (Å²) in [6.07, 6.45) is 4.18. The third kappa shape index (κ3) is 4.67. The van der Waals surface area contributed by atoms with Gasteiger partial charge in [-0.1, -0.05) is 12.2 Å². The van der Waals surface area contributed by atoms with E-state index in [1.807, 2.05) is 11.8 Å². The van der Waals surface area contributed by atoms with Crippen molar-refractivity contribution in [3.8, 4) is 0 Å². The molecule has 1 aromatic rings. The number of nitrogens with zero attached hydrogens (tertiary/aromatic N) is 4. The summed E-state index contributed by atoms with van der Waals surface area (Å²) in [5, 5.41) is 0. The fourth-order valence-corrected chi connectivity index (χ4v) is 1.55. The molecule has 1 atom stereocenters. The van der Waals surface area contributed by atoms with E-state index < -0.39 is 0 Å². The molecule has 1 rings (SSSR count). The van der Waals surface area contributed by atoms with E-state index in [1.54, 1.807) is 19.3 Å². The standard InChI is InChI=1S/C13H21N5O/c1-5-7-18(8-6-2)13-16-11(9-10(3)19-4)15-12(14)17-13/h5-6,10H,1-2,7-9H2,3-4H3,(H2,14,15,16,17). The lowest BCUT2D eigenvalue weighted by Gasteiger charge is -2.20. The Morgan fingerprint density at radius 3 is 2.42 bits per heavy atom. The molecule has 0 saturated carbocycles. The van der Waals surface area contributed by atoms with Crippen molar-refractivity contribution in [3.05, 3.63) is 31.1 Å². The Bertz CT molecular complexity index is 425. The minimum absolute atomic E-state index is 0.0295. The van der Waals surface area contributed by atoms with E-state index in [0.717, 1.165) is 0 Å². The van der Waals surface area contributed by atoms with Crippen LogP contribution in [-0.2, 0) is 11.2 Å². The second-order valence-electron chi connectivity index (χ2n) is 4.14. The van der Waals surface area contributed by atoms with Crippen LogP contribution in [0.5, 0.6) is 0 Å². The molecule has 1 heterocycles. The Labute approximate surface area is 114 Å². The lowest BCUT2D eigenvalue weighted by molar-refractivity contribution is 0.117. The van der Waals surface area contributed by atoms with Crippen LogP contribution in [0.25, 0.3) is 0 Å². The lowest BCUT2D eigenvalue weighted by atomic mass is 10.3. The first-order valence-electron chi connectivity index (χ1n) is 6.10. The van der Waals surface area contributed by atoms with Crippen molar-refractivity contribution < 1.29 is 4.74 Å². The topological polar surface area (TPSA) is 77.2 Å². The Morgan fingerprint density at radius 1 is 1.26 bits per heavy atom. The summed E-state index contributed by atoms with van der Waals surface area (Å²) in [7, 11) is 1.65. The fourth-order valence-electron chi connectivity index (χ4n) is 1.55. The van der Waals surface area contributed by atoms with Crippen molar-refractivity contribution in [2.75, 3.05) is 30.8 Å². The molecule has 6 nitrogen and oxygen atoms in total. The number of nitrogen functional groups attached to an aromatic ring is 1. The predicted molar refractivity (Wildman–Crippen MR) is 77.0 cm³/mol. The molecule has 0 aromatic carbocycles. The zero-order chi connectivity index (χ0) is 14.3. The highest BCUT2D eigenvalue weighted by molar-refractivity contribution is 5.36. The molecular formula is C13H21N5O. The van der Waals surface area contributed by atoms with E-state index in [4.69, 9.17) is 10.5 Å². The van der Waals surface area contributed by atoms with Gasteiger partial charge in [-0.05, 0) is 6.92 Å². The fraction of sp³-hybridized carbons (Fsp3) is 0.462. The summed E-state index contributed by atoms with van der Waals surface area (Å²) in [5.41, 5.74) is 5.73. The molecule has 1 unspecified atom stereocenters. The van der Waals surface area contributed by atoms with Crippen molar-refractivity contribution in [1.82, 2.24) is 15.0 Å². The summed E-state index contributed by atoms with van der Waals surface area (Å²) < 4.78 is 5.20. The van der Waals surface area contributed by atoms with Crippen LogP contribution in [0.3, 0.4) is 0 Å². The van der Waals surface area contributed by atoms with Crippen molar-refractivity contribution in [1.29, 1.82) is 0 Å². The SMILES string of the molecule is C=CCN(CC=C)c1nc(N)nc(CC(C)OC)n1. The van der Waals surface area contributed by atoms with Crippen LogP contribution in [0.15, 0.2) is 25.3 Å². The first-order chi connectivity index (χ1) is 9.10. The first-order valence-corrected chi connectivity index (χ1v) is 6.10. The van der Waals surface area contributed by atoms with Gasteiger partial charge in [-0.3, -0.25) is 0 Å². The van der Waals surface area contributed by atoms with Crippen molar-refractivity contribution in [3.63, 3.8) is 0 Å². The summed E-state index contributed by atoms with van der Waals surface area (Å²) in [6.45, 7) is 10.6. The van der Waals surface area contributed by atoms with Crippen LogP contribution < -0.4 is 10.6 Å². The van der Waals surface area contributed by atoms with E-state index in [2.05, 4.69) is 28.1 Å². The van der Waals surface area contributed by atoms with E-state index >= 15 is 0 Å². The van der Waals surface area contributed by atoms with Gasteiger partial charge in [0, 0.05) is 26.6 Å². The zero-order valence-corrected chi connectivity index (χ0v) is 11.5. The average Bonchev–Trinajstić information content (AvgIpc) is 2.37. The van der Waals surface area contributed by atoms with E-state index in [9.17, 15) is 0 Å². The minimum atomic E-state index is 0.0295. The Balaban J connectivity index is 2.98. The molecule has 0 fully saturated rings. The number of hydrogen-bond acceptors (Lipinski definition) is 6. The summed E-state index contributed by atoms with van der Waals surface area (Å²) >= 11 is 0. The van der Waals surface area contributed by atoms with Gasteiger partial charge in [0.15, 0.2) is 0 Å². The van der Waals surface area contributed by atoms with Gasteiger partial charge in [0.2, 0.25) is 11.9 Å². The zero-order valence-electron chi connectivity index (χ0n) is 11.5. The molecule has 0 aliphatic rings. The predicted octanol–water partition coefficient (Wildman–Crippen LogP) is 1.21. The molecule has 0 spiro atoms. The third-order valence-corrected chi connectivity index (χ3v) is 2.54. The largest absolute Gasteiger partial charge is 0.381 e. The molecule has 104 valence electrons. The van der Waals surface area contributed by atoms with Crippen LogP contribution >= 0.6 is 0 Å². The summed E-state index contributed by atoms with van der Waals surface area (Å²) in [6, 6.07) is 0. The lowest BCUT2D eigenvalue weighted by Crippen LogP contribution is -2.27. The molecule has 0 amide bonds. The van der Waals surface area contributed by atoms with Crippen molar-refractivity contribution in [2.24, 2.45) is 0 Å². The maximum Gasteiger partial charge on any atom is 0.230 e. The molecule has 0 bridgehead atoms. The quantitative estimate of drug-likeness (QED) is 0.710. The van der Waals surface area contributed by atoms with Crippen molar-refractivity contribution in [2.45, 2.75) is 19.4 Å². The van der Waals surface area contributed by atoms with Crippen LogP contribution in [-0.4, -0.2) is 41.3 Å². The van der Waals surface area contributed by atoms with E-state index in [-0.39, 0.29) is 12.1 Å². The Hall–Kier alpha value is -1.95. The number of nitrogens with two attached hydrogens (primary N) is 1. The molecule has 6 heteroatoms. The number of anilines is 2. The van der Waals surface area contributed by atoms with Gasteiger partial charge >= 0.3 is 0 Å². The van der Waals surface area contributed by atoms with Gasteiger partial charge in [-0.15, -0.1) is 13.2 Å². The second kappa shape index (κ2) is 7.48. The van der Waals surface area contributed by atoms with Gasteiger partial charge in [0.05, 0.1) is 6.10 Å². The van der Waals surface area contributed by atoms with Gasteiger partial charge in [0.25, 0.3) is 0 Å². The number of rotatable bonds is 8. The number of methoxy groups -OCH3 is 1. The number of aromatic nitrogens is 3. The minimum Gasteiger partial charge on any atom is -0.381 e. The monoisotopic (exact) mass is 263 g/mol. The van der Waals surface area contributed by atoms with Crippen LogP contribution in [0.2, 0.25) is 0 Å². The summed E-state index contributed by atoms with van der Waals surface area (Å²) in [5.74, 6) is 1.36. The normalized spacial score (nSPS) is 11.9. The number of hydrogen-bond donors (Lipinski definition) is 1. The van der Waals surface area contributed by atoms with Crippen LogP contribution in [0.1, 0.15) is 12.7 Å². The highest BCUT2D eigenvalue weighted by Gasteiger charge is 2.12. The third-order valence-electron chi connectivity index (χ3n) is 2.54. The second-order valence-corrected chi connectivity index (χ2v) is 4.14. The molecule has 0 saturated heterocycles. The van der Waals surface area contributed by atoms with Crippen LogP contribution in [0.4, 0.5) is 11.9 Å². The molecule has 0 radical (unpaired) electrons. The maximum atomic E-state index is 5.73. The maximum absolute atomic E-state index is 5.73. The van der Waals surface area contributed by atoms with Gasteiger partial charge in [-0.2, -0.15) is 15.0 Å². The Morgan fingerprint density at radius 2 is 1.89 bits per heavy atom. The summed E-state index contributed by atoms with van der Waals surface area (Å²) in [4.78, 5) is 14.6. The molecule has 2 N–H and O–H groups in total. The smallest absolute Gasteiger partial charge is 0.230 e. The molecule has 1 aromatic heterocycles. The Kier molecular flexibility index (Phi) is 5.95. The molecule has 0 aliphatic carbocycles. The van der Waals surface area contributed by atoms with Gasteiger partial charge < -0.3 is 15.4 Å².